The molecule has 2 N–H and O–H groups in total. The minimum Gasteiger partial charge on any atom is -0.382 e. The fourth-order valence-electron chi connectivity index (χ4n) is 2.68. The molecule has 2 heterocycles. The second kappa shape index (κ2) is 8.22. The summed E-state index contributed by atoms with van der Waals surface area (Å²) in [7, 11) is 4.86. The number of Topliss-reactive ketones (excluding diaryl/α,β-unsaturated/α-hetero) is 1. The highest BCUT2D eigenvalue weighted by Crippen LogP contribution is 2.21. The number of imide groups is 1. The van der Waals surface area contributed by atoms with E-state index in [0.29, 0.717) is 19.6 Å². The SMILES string of the molecule is COCC1OC(NC(=O)NC(=O)C2=CN(C)CCC2=O)CC1OC. The number of methoxy groups -OCH3 is 2. The summed E-state index contributed by atoms with van der Waals surface area (Å²) in [5.74, 6) is -1.01. The smallest absolute Gasteiger partial charge is 0.323 e. The molecule has 0 saturated carbocycles. The van der Waals surface area contributed by atoms with Crippen molar-refractivity contribution in [2.45, 2.75) is 31.3 Å². The van der Waals surface area contributed by atoms with Crippen LogP contribution in [-0.2, 0) is 23.8 Å². The number of hydrogen-bond acceptors (Lipinski definition) is 7. The van der Waals surface area contributed by atoms with E-state index in [2.05, 4.69) is 10.6 Å². The Labute approximate surface area is 140 Å². The van der Waals surface area contributed by atoms with Gasteiger partial charge in [-0.3, -0.25) is 14.9 Å². The highest BCUT2D eigenvalue weighted by atomic mass is 16.6. The monoisotopic (exact) mass is 341 g/mol. The molecule has 2 rings (SSSR count). The van der Waals surface area contributed by atoms with Crippen molar-refractivity contribution in [3.05, 3.63) is 11.8 Å². The van der Waals surface area contributed by atoms with E-state index in [1.54, 1.807) is 26.2 Å². The van der Waals surface area contributed by atoms with Crippen LogP contribution in [0.15, 0.2) is 11.8 Å². The maximum absolute atomic E-state index is 12.1. The highest BCUT2D eigenvalue weighted by Gasteiger charge is 2.36. The molecule has 3 unspecified atom stereocenters. The molecule has 2 aliphatic rings. The van der Waals surface area contributed by atoms with Gasteiger partial charge in [-0.1, -0.05) is 0 Å². The molecular formula is C15H23N3O6. The van der Waals surface area contributed by atoms with Crippen LogP contribution in [0.4, 0.5) is 4.79 Å². The molecule has 0 aliphatic carbocycles. The van der Waals surface area contributed by atoms with Crippen LogP contribution in [0.2, 0.25) is 0 Å². The maximum atomic E-state index is 12.1. The summed E-state index contributed by atoms with van der Waals surface area (Å²) in [4.78, 5) is 37.5. The predicted octanol–water partition coefficient (Wildman–Crippen LogP) is -0.623. The number of carbonyl (C=O) groups is 3. The van der Waals surface area contributed by atoms with E-state index >= 15 is 0 Å². The summed E-state index contributed by atoms with van der Waals surface area (Å²) < 4.78 is 15.9. The lowest BCUT2D eigenvalue weighted by Crippen LogP contribution is -2.46. The Kier molecular flexibility index (Phi) is 6.29. The first-order chi connectivity index (χ1) is 11.4. The van der Waals surface area contributed by atoms with Gasteiger partial charge in [0.2, 0.25) is 0 Å². The van der Waals surface area contributed by atoms with E-state index in [0.717, 1.165) is 0 Å². The first-order valence-electron chi connectivity index (χ1n) is 7.69. The minimum atomic E-state index is -0.723. The van der Waals surface area contributed by atoms with Crippen molar-refractivity contribution < 1.29 is 28.6 Å². The van der Waals surface area contributed by atoms with Crippen molar-refractivity contribution in [3.63, 3.8) is 0 Å². The average molecular weight is 341 g/mol. The van der Waals surface area contributed by atoms with Crippen molar-refractivity contribution in [2.24, 2.45) is 0 Å². The zero-order valence-corrected chi connectivity index (χ0v) is 14.0. The average Bonchev–Trinajstić information content (AvgIpc) is 2.91. The topological polar surface area (TPSA) is 106 Å². The Hall–Kier alpha value is -1.97. The van der Waals surface area contributed by atoms with Crippen LogP contribution >= 0.6 is 0 Å². The van der Waals surface area contributed by atoms with E-state index in [1.807, 2.05) is 0 Å². The Morgan fingerprint density at radius 1 is 1.42 bits per heavy atom. The highest BCUT2D eigenvalue weighted by molar-refractivity contribution is 6.22. The third-order valence-corrected chi connectivity index (χ3v) is 3.94. The van der Waals surface area contributed by atoms with Crippen LogP contribution in [0.1, 0.15) is 12.8 Å². The molecule has 0 bridgehead atoms. The van der Waals surface area contributed by atoms with Gasteiger partial charge in [-0.05, 0) is 0 Å². The van der Waals surface area contributed by atoms with Crippen LogP contribution in [0.3, 0.4) is 0 Å². The largest absolute Gasteiger partial charge is 0.382 e. The molecule has 3 atom stereocenters. The standard InChI is InChI=1S/C15H23N3O6/c1-18-5-4-10(19)9(7-18)14(20)17-15(21)16-13-6-11(23-3)12(24-13)8-22-2/h7,11-13H,4-6,8H2,1-3H3,(H2,16,17,20,21). The molecule has 3 amide bonds. The number of ketones is 1. The summed E-state index contributed by atoms with van der Waals surface area (Å²) in [5.41, 5.74) is -0.0294. The van der Waals surface area contributed by atoms with Gasteiger partial charge in [0.1, 0.15) is 12.3 Å². The molecule has 2 aliphatic heterocycles. The van der Waals surface area contributed by atoms with Gasteiger partial charge in [0.05, 0.1) is 18.3 Å². The summed E-state index contributed by atoms with van der Waals surface area (Å²) >= 11 is 0. The fourth-order valence-corrected chi connectivity index (χ4v) is 2.68. The predicted molar refractivity (Wildman–Crippen MR) is 83.0 cm³/mol. The van der Waals surface area contributed by atoms with Gasteiger partial charge in [-0.15, -0.1) is 0 Å². The number of rotatable bonds is 5. The zero-order valence-electron chi connectivity index (χ0n) is 14.0. The van der Waals surface area contributed by atoms with Gasteiger partial charge in [0.15, 0.2) is 5.78 Å². The first kappa shape index (κ1) is 18.4. The van der Waals surface area contributed by atoms with Crippen LogP contribution in [-0.4, -0.2) is 75.5 Å². The fraction of sp³-hybridized carbons (Fsp3) is 0.667. The molecule has 134 valence electrons. The molecule has 0 aromatic heterocycles. The number of nitrogens with one attached hydrogen (secondary N) is 2. The molecular weight excluding hydrogens is 318 g/mol. The summed E-state index contributed by atoms with van der Waals surface area (Å²) in [6, 6.07) is -0.722. The summed E-state index contributed by atoms with van der Waals surface area (Å²) in [6.07, 6.45) is 1.03. The van der Waals surface area contributed by atoms with Gasteiger partial charge < -0.3 is 24.4 Å². The molecule has 0 aromatic rings. The number of carbonyl (C=O) groups excluding carboxylic acids is 3. The van der Waals surface area contributed by atoms with Gasteiger partial charge in [0.25, 0.3) is 5.91 Å². The van der Waals surface area contributed by atoms with Crippen molar-refractivity contribution in [2.75, 3.05) is 34.4 Å². The van der Waals surface area contributed by atoms with Crippen LogP contribution in [0.25, 0.3) is 0 Å². The van der Waals surface area contributed by atoms with Gasteiger partial charge in [-0.2, -0.15) is 0 Å². The van der Waals surface area contributed by atoms with Crippen molar-refractivity contribution in [3.8, 4) is 0 Å². The lowest BCUT2D eigenvalue weighted by Gasteiger charge is -2.21. The molecule has 24 heavy (non-hydrogen) atoms. The molecule has 9 heteroatoms. The zero-order chi connectivity index (χ0) is 17.7. The minimum absolute atomic E-state index is 0.0294. The van der Waals surface area contributed by atoms with Gasteiger partial charge >= 0.3 is 6.03 Å². The molecule has 0 radical (unpaired) electrons. The van der Waals surface area contributed by atoms with Crippen molar-refractivity contribution in [1.82, 2.24) is 15.5 Å². The Bertz CT molecular complexity index is 535. The normalized spacial score (nSPS) is 27.0. The Balaban J connectivity index is 1.87. The second-order valence-electron chi connectivity index (χ2n) is 5.75. The van der Waals surface area contributed by atoms with Crippen molar-refractivity contribution >= 4 is 17.7 Å². The first-order valence-corrected chi connectivity index (χ1v) is 7.69. The molecule has 0 aromatic carbocycles. The molecule has 0 spiro atoms. The quantitative estimate of drug-likeness (QED) is 0.642. The van der Waals surface area contributed by atoms with E-state index in [4.69, 9.17) is 14.2 Å². The van der Waals surface area contributed by atoms with E-state index in [-0.39, 0.29) is 30.0 Å². The van der Waals surface area contributed by atoms with E-state index < -0.39 is 18.2 Å². The number of ether oxygens (including phenoxy) is 3. The molecule has 1 fully saturated rings. The summed E-state index contributed by atoms with van der Waals surface area (Å²) in [5, 5.41) is 4.70. The van der Waals surface area contributed by atoms with Crippen LogP contribution in [0, 0.1) is 0 Å². The Morgan fingerprint density at radius 3 is 2.83 bits per heavy atom. The van der Waals surface area contributed by atoms with E-state index in [1.165, 1.54) is 6.20 Å². The van der Waals surface area contributed by atoms with Gasteiger partial charge in [0, 0.05) is 46.9 Å². The lowest BCUT2D eigenvalue weighted by molar-refractivity contribution is -0.122. The second-order valence-corrected chi connectivity index (χ2v) is 5.75. The van der Waals surface area contributed by atoms with Gasteiger partial charge in [-0.25, -0.2) is 4.79 Å². The maximum Gasteiger partial charge on any atom is 0.323 e. The molecule has 1 saturated heterocycles. The van der Waals surface area contributed by atoms with Crippen LogP contribution < -0.4 is 10.6 Å². The van der Waals surface area contributed by atoms with E-state index in [9.17, 15) is 14.4 Å². The third-order valence-electron chi connectivity index (χ3n) is 3.94. The number of nitrogens with zero attached hydrogens (tertiary/aromatic N) is 1. The molecule has 9 nitrogen and oxygen atoms in total. The Morgan fingerprint density at radius 2 is 2.17 bits per heavy atom. The number of amides is 3. The third kappa shape index (κ3) is 4.53. The van der Waals surface area contributed by atoms with Crippen molar-refractivity contribution in [1.29, 1.82) is 0 Å². The van der Waals surface area contributed by atoms with Crippen LogP contribution in [0.5, 0.6) is 0 Å². The lowest BCUT2D eigenvalue weighted by atomic mass is 10.1. The number of hydrogen-bond donors (Lipinski definition) is 2. The summed E-state index contributed by atoms with van der Waals surface area (Å²) in [6.45, 7) is 0.891. The number of urea groups is 1.